The molecule has 0 bridgehead atoms. The highest BCUT2D eigenvalue weighted by atomic mass is 16.6. The third-order valence-electron chi connectivity index (χ3n) is 9.26. The first-order valence-corrected chi connectivity index (χ1v) is 16.8. The van der Waals surface area contributed by atoms with Gasteiger partial charge in [-0.3, -0.25) is 24.5 Å². The summed E-state index contributed by atoms with van der Waals surface area (Å²) >= 11 is 0. The number of carbonyl (C=O) groups is 1. The van der Waals surface area contributed by atoms with E-state index in [4.69, 9.17) is 24.5 Å². The van der Waals surface area contributed by atoms with Crippen LogP contribution in [0.25, 0.3) is 21.6 Å². The highest BCUT2D eigenvalue weighted by molar-refractivity contribution is 5.91. The summed E-state index contributed by atoms with van der Waals surface area (Å²) in [5.74, 6) is 0.0252. The summed E-state index contributed by atoms with van der Waals surface area (Å²) in [4.78, 5) is 39.5. The number of nitrogens with zero attached hydrogens (tertiary/aromatic N) is 6. The SMILES string of the molecule is COc1ccc(C(OC[C@H]2O[C@@H](n3cnc4c(=O)[nH]c(NC(=O)C(C)C)nc43)[C@H](O)[C@@H]2CCN=[N+]=[N-])(c2ccccc2)c2ccc(OC)cc2)cc1. The Kier molecular flexibility index (Phi) is 10.9. The Balaban J connectivity index is 1.41. The summed E-state index contributed by atoms with van der Waals surface area (Å²) in [6.45, 7) is 3.51. The van der Waals surface area contributed by atoms with Gasteiger partial charge in [-0.1, -0.05) is 73.6 Å². The zero-order valence-corrected chi connectivity index (χ0v) is 29.2. The van der Waals surface area contributed by atoms with Crippen LogP contribution in [-0.4, -0.2) is 70.1 Å². The molecule has 1 amide bonds. The highest BCUT2D eigenvalue weighted by Crippen LogP contribution is 2.44. The third kappa shape index (κ3) is 7.07. The fourth-order valence-electron chi connectivity index (χ4n) is 6.51. The number of aromatic nitrogens is 4. The Labute approximate surface area is 299 Å². The molecule has 52 heavy (non-hydrogen) atoms. The molecule has 0 radical (unpaired) electrons. The number of aromatic amines is 1. The summed E-state index contributed by atoms with van der Waals surface area (Å²) in [6, 6.07) is 25.0. The van der Waals surface area contributed by atoms with E-state index >= 15 is 0 Å². The molecule has 3 aromatic carbocycles. The molecular formula is C37H40N8O7. The Morgan fingerprint density at radius 3 is 2.23 bits per heavy atom. The van der Waals surface area contributed by atoms with E-state index in [-0.39, 0.29) is 48.5 Å². The minimum Gasteiger partial charge on any atom is -0.497 e. The number of hydrogen-bond acceptors (Lipinski definition) is 10. The number of imidazole rings is 1. The number of carbonyl (C=O) groups excluding carboxylic acids is 1. The van der Waals surface area contributed by atoms with Gasteiger partial charge in [0, 0.05) is 23.3 Å². The molecule has 0 unspecified atom stereocenters. The van der Waals surface area contributed by atoms with Crippen LogP contribution < -0.4 is 20.3 Å². The lowest BCUT2D eigenvalue weighted by Crippen LogP contribution is -2.38. The molecule has 3 N–H and O–H groups in total. The number of amides is 1. The molecule has 1 fully saturated rings. The molecule has 15 heteroatoms. The number of anilines is 1. The number of methoxy groups -OCH3 is 2. The van der Waals surface area contributed by atoms with E-state index in [1.807, 2.05) is 78.9 Å². The largest absolute Gasteiger partial charge is 0.497 e. The number of aliphatic hydroxyl groups excluding tert-OH is 1. The van der Waals surface area contributed by atoms with E-state index in [0.29, 0.717) is 11.5 Å². The summed E-state index contributed by atoms with van der Waals surface area (Å²) < 4.78 is 26.1. The number of aliphatic hydroxyl groups is 1. The van der Waals surface area contributed by atoms with Crippen LogP contribution in [0.5, 0.6) is 11.5 Å². The van der Waals surface area contributed by atoms with Crippen molar-refractivity contribution in [2.75, 3.05) is 32.7 Å². The van der Waals surface area contributed by atoms with Crippen LogP contribution in [-0.2, 0) is 19.9 Å². The number of azide groups is 1. The molecule has 1 saturated heterocycles. The lowest BCUT2D eigenvalue weighted by atomic mass is 9.80. The lowest BCUT2D eigenvalue weighted by molar-refractivity contribution is -0.118. The van der Waals surface area contributed by atoms with E-state index in [1.54, 1.807) is 28.1 Å². The minimum absolute atomic E-state index is 0.00535. The van der Waals surface area contributed by atoms with Gasteiger partial charge < -0.3 is 24.1 Å². The first kappa shape index (κ1) is 36.1. The molecule has 0 aliphatic carbocycles. The molecular weight excluding hydrogens is 668 g/mol. The maximum Gasteiger partial charge on any atom is 0.280 e. The van der Waals surface area contributed by atoms with Crippen molar-refractivity contribution >= 4 is 23.0 Å². The van der Waals surface area contributed by atoms with Crippen LogP contribution >= 0.6 is 0 Å². The predicted molar refractivity (Wildman–Crippen MR) is 192 cm³/mol. The van der Waals surface area contributed by atoms with Crippen LogP contribution in [0, 0.1) is 11.8 Å². The Hall–Kier alpha value is -5.73. The molecule has 1 aliphatic heterocycles. The van der Waals surface area contributed by atoms with Gasteiger partial charge in [-0.05, 0) is 52.9 Å². The van der Waals surface area contributed by atoms with Gasteiger partial charge in [0.1, 0.15) is 23.2 Å². The van der Waals surface area contributed by atoms with Gasteiger partial charge in [0.05, 0.1) is 33.3 Å². The van der Waals surface area contributed by atoms with Gasteiger partial charge in [-0.2, -0.15) is 4.98 Å². The first-order valence-electron chi connectivity index (χ1n) is 16.8. The maximum atomic E-state index is 13.0. The van der Waals surface area contributed by atoms with Gasteiger partial charge in [0.25, 0.3) is 5.56 Å². The van der Waals surface area contributed by atoms with Crippen molar-refractivity contribution in [2.24, 2.45) is 17.0 Å². The third-order valence-corrected chi connectivity index (χ3v) is 9.26. The number of nitrogens with one attached hydrogen (secondary N) is 2. The fourth-order valence-corrected chi connectivity index (χ4v) is 6.51. The topological polar surface area (TPSA) is 199 Å². The Morgan fingerprint density at radius 1 is 1.04 bits per heavy atom. The van der Waals surface area contributed by atoms with Crippen molar-refractivity contribution in [3.63, 3.8) is 0 Å². The average molecular weight is 709 g/mol. The highest BCUT2D eigenvalue weighted by Gasteiger charge is 2.47. The van der Waals surface area contributed by atoms with Gasteiger partial charge in [-0.25, -0.2) is 4.98 Å². The molecule has 1 aliphatic rings. The lowest BCUT2D eigenvalue weighted by Gasteiger charge is -2.37. The predicted octanol–water partition coefficient (Wildman–Crippen LogP) is 5.31. The number of fused-ring (bicyclic) bond motifs is 1. The molecule has 6 rings (SSSR count). The monoisotopic (exact) mass is 708 g/mol. The second-order valence-electron chi connectivity index (χ2n) is 12.7. The van der Waals surface area contributed by atoms with Crippen LogP contribution in [0.4, 0.5) is 5.95 Å². The van der Waals surface area contributed by atoms with Crippen molar-refractivity contribution in [1.29, 1.82) is 0 Å². The molecule has 270 valence electrons. The van der Waals surface area contributed by atoms with Crippen molar-refractivity contribution in [1.82, 2.24) is 19.5 Å². The van der Waals surface area contributed by atoms with E-state index in [9.17, 15) is 14.7 Å². The van der Waals surface area contributed by atoms with E-state index in [1.165, 1.54) is 10.9 Å². The van der Waals surface area contributed by atoms with Gasteiger partial charge in [-0.15, -0.1) is 0 Å². The quantitative estimate of drug-likeness (QED) is 0.0592. The molecule has 5 aromatic rings. The van der Waals surface area contributed by atoms with Crippen LogP contribution in [0.15, 0.2) is 95.1 Å². The Morgan fingerprint density at radius 2 is 1.65 bits per heavy atom. The summed E-state index contributed by atoms with van der Waals surface area (Å²) in [5, 5.41) is 18.2. The standard InChI is InChI=1S/C37H40N8O7/c1-22(2)33(47)42-36-41-32-30(34(48)43-36)39-21-45(32)35-31(46)28(18-19-40-44-38)29(52-35)20-51-37(23-8-6-5-7-9-23,24-10-14-26(49-3)15-11-24)25-12-16-27(50-4)17-13-25/h5-17,21-22,28-29,31,35,46H,18-20H2,1-4H3,(H2,41,42,43,47,48)/t28-,29-,31-,35-/m1/s1. The second-order valence-corrected chi connectivity index (χ2v) is 12.7. The number of rotatable bonds is 14. The fraction of sp³-hybridized carbons (Fsp3) is 0.351. The molecule has 15 nitrogen and oxygen atoms in total. The Bertz CT molecular complexity index is 2050. The van der Waals surface area contributed by atoms with Crippen molar-refractivity contribution in [2.45, 2.75) is 44.3 Å². The van der Waals surface area contributed by atoms with Crippen LogP contribution in [0.1, 0.15) is 43.2 Å². The number of hydrogen-bond donors (Lipinski definition) is 3. The van der Waals surface area contributed by atoms with Crippen molar-refractivity contribution < 1.29 is 28.8 Å². The maximum absolute atomic E-state index is 13.0. The molecule has 2 aromatic heterocycles. The number of H-pyrrole nitrogens is 1. The number of benzene rings is 3. The zero-order valence-electron chi connectivity index (χ0n) is 29.2. The second kappa shape index (κ2) is 15.7. The average Bonchev–Trinajstić information content (AvgIpc) is 3.73. The van der Waals surface area contributed by atoms with Crippen molar-refractivity contribution in [3.05, 3.63) is 123 Å². The zero-order chi connectivity index (χ0) is 36.8. The summed E-state index contributed by atoms with van der Waals surface area (Å²) in [5.41, 5.74) is 9.88. The van der Waals surface area contributed by atoms with Gasteiger partial charge in [0.2, 0.25) is 11.9 Å². The van der Waals surface area contributed by atoms with Crippen LogP contribution in [0.2, 0.25) is 0 Å². The van der Waals surface area contributed by atoms with Crippen LogP contribution in [0.3, 0.4) is 0 Å². The van der Waals surface area contributed by atoms with Gasteiger partial charge >= 0.3 is 0 Å². The molecule has 0 spiro atoms. The van der Waals surface area contributed by atoms with Crippen molar-refractivity contribution in [3.8, 4) is 11.5 Å². The summed E-state index contributed by atoms with van der Waals surface area (Å²) in [6.07, 6.45) is -1.29. The molecule has 4 atom stereocenters. The van der Waals surface area contributed by atoms with E-state index in [0.717, 1.165) is 16.7 Å². The number of ether oxygens (including phenoxy) is 4. The van der Waals surface area contributed by atoms with Gasteiger partial charge in [0.15, 0.2) is 17.4 Å². The van der Waals surface area contributed by atoms with E-state index < -0.39 is 35.5 Å². The summed E-state index contributed by atoms with van der Waals surface area (Å²) in [7, 11) is 3.21. The minimum atomic E-state index is -1.17. The molecule has 0 saturated carbocycles. The normalized spacial score (nSPS) is 18.7. The first-order chi connectivity index (χ1) is 25.2. The smallest absolute Gasteiger partial charge is 0.280 e. The van der Waals surface area contributed by atoms with E-state index in [2.05, 4.69) is 30.3 Å². The molecule has 3 heterocycles.